The van der Waals surface area contributed by atoms with Gasteiger partial charge in [-0.25, -0.2) is 4.39 Å². The number of hydrogen-bond donors (Lipinski definition) is 1. The Morgan fingerprint density at radius 2 is 2.12 bits per heavy atom. The van der Waals surface area contributed by atoms with Gasteiger partial charge in [-0.05, 0) is 43.7 Å². The lowest BCUT2D eigenvalue weighted by Crippen LogP contribution is -2.06. The Morgan fingerprint density at radius 1 is 1.31 bits per heavy atom. The number of furan rings is 1. The Balaban J connectivity index is 2.14. The van der Waals surface area contributed by atoms with Gasteiger partial charge in [-0.1, -0.05) is 6.07 Å². The molecular formula is C13H14FNO. The number of halogens is 1. The average Bonchev–Trinajstić information content (AvgIpc) is 2.64. The molecule has 1 heterocycles. The van der Waals surface area contributed by atoms with Gasteiger partial charge >= 0.3 is 0 Å². The number of aryl methyl sites for hydroxylation is 1. The molecule has 0 aliphatic carbocycles. The fourth-order valence-corrected chi connectivity index (χ4v) is 1.72. The summed E-state index contributed by atoms with van der Waals surface area (Å²) < 4.78 is 18.3. The Labute approximate surface area is 94.1 Å². The van der Waals surface area contributed by atoms with E-state index < -0.39 is 0 Å². The van der Waals surface area contributed by atoms with Crippen LogP contribution in [-0.2, 0) is 0 Å². The average molecular weight is 219 g/mol. The molecule has 1 aromatic heterocycles. The quantitative estimate of drug-likeness (QED) is 0.846. The van der Waals surface area contributed by atoms with Gasteiger partial charge in [-0.3, -0.25) is 0 Å². The van der Waals surface area contributed by atoms with E-state index in [1.807, 2.05) is 26.0 Å². The molecule has 1 N–H and O–H groups in total. The molecule has 0 spiro atoms. The maximum atomic E-state index is 13.0. The van der Waals surface area contributed by atoms with E-state index in [0.29, 0.717) is 0 Å². The van der Waals surface area contributed by atoms with Crippen molar-refractivity contribution >= 4 is 5.69 Å². The van der Waals surface area contributed by atoms with Gasteiger partial charge in [0, 0.05) is 5.69 Å². The molecule has 0 aliphatic heterocycles. The second kappa shape index (κ2) is 4.39. The van der Waals surface area contributed by atoms with Gasteiger partial charge in [-0.15, -0.1) is 0 Å². The van der Waals surface area contributed by atoms with Crippen LogP contribution < -0.4 is 5.32 Å². The molecule has 0 aliphatic rings. The van der Waals surface area contributed by atoms with Gasteiger partial charge in [-0.2, -0.15) is 0 Å². The van der Waals surface area contributed by atoms with Crippen LogP contribution in [0.15, 0.2) is 41.0 Å². The second-order valence-corrected chi connectivity index (χ2v) is 3.84. The van der Waals surface area contributed by atoms with Crippen LogP contribution in [0, 0.1) is 12.7 Å². The lowest BCUT2D eigenvalue weighted by atomic mass is 10.1. The number of benzene rings is 1. The fraction of sp³-hybridized carbons (Fsp3) is 0.231. The van der Waals surface area contributed by atoms with Crippen molar-refractivity contribution in [1.82, 2.24) is 0 Å². The van der Waals surface area contributed by atoms with Crippen LogP contribution in [-0.4, -0.2) is 0 Å². The van der Waals surface area contributed by atoms with Gasteiger partial charge < -0.3 is 9.73 Å². The molecule has 84 valence electrons. The third kappa shape index (κ3) is 2.24. The predicted octanol–water partition coefficient (Wildman–Crippen LogP) is 3.90. The number of nitrogens with one attached hydrogen (secondary N) is 1. The van der Waals surface area contributed by atoms with Gasteiger partial charge in [0.2, 0.25) is 0 Å². The highest BCUT2D eigenvalue weighted by atomic mass is 19.1. The summed E-state index contributed by atoms with van der Waals surface area (Å²) in [5.41, 5.74) is 1.85. The number of hydrogen-bond acceptors (Lipinski definition) is 2. The first-order valence-electron chi connectivity index (χ1n) is 5.23. The molecule has 2 rings (SSSR count). The van der Waals surface area contributed by atoms with Crippen LogP contribution in [0.2, 0.25) is 0 Å². The molecule has 0 saturated carbocycles. The van der Waals surface area contributed by atoms with E-state index in [0.717, 1.165) is 17.0 Å². The normalized spacial score (nSPS) is 12.4. The summed E-state index contributed by atoms with van der Waals surface area (Å²) in [4.78, 5) is 0. The molecule has 0 bridgehead atoms. The number of anilines is 1. The van der Waals surface area contributed by atoms with Crippen molar-refractivity contribution in [2.45, 2.75) is 19.9 Å². The zero-order chi connectivity index (χ0) is 11.5. The summed E-state index contributed by atoms with van der Waals surface area (Å²) in [6.07, 6.45) is 1.66. The molecule has 0 fully saturated rings. The fourth-order valence-electron chi connectivity index (χ4n) is 1.72. The summed E-state index contributed by atoms with van der Waals surface area (Å²) in [6.45, 7) is 3.97. The molecule has 0 saturated heterocycles. The maximum absolute atomic E-state index is 13.0. The summed E-state index contributed by atoms with van der Waals surface area (Å²) in [6, 6.07) is 8.34. The Bertz CT molecular complexity index is 478. The summed E-state index contributed by atoms with van der Waals surface area (Å²) in [5, 5.41) is 3.19. The van der Waals surface area contributed by atoms with Crippen molar-refractivity contribution < 1.29 is 8.81 Å². The zero-order valence-electron chi connectivity index (χ0n) is 9.33. The predicted molar refractivity (Wildman–Crippen MR) is 61.9 cm³/mol. The van der Waals surface area contributed by atoms with Gasteiger partial charge in [0.15, 0.2) is 0 Å². The zero-order valence-corrected chi connectivity index (χ0v) is 9.33. The summed E-state index contributed by atoms with van der Waals surface area (Å²) >= 11 is 0. The third-order valence-corrected chi connectivity index (χ3v) is 2.50. The van der Waals surface area contributed by atoms with Crippen LogP contribution in [0.5, 0.6) is 0 Å². The van der Waals surface area contributed by atoms with Gasteiger partial charge in [0.25, 0.3) is 0 Å². The Morgan fingerprint density at radius 3 is 2.75 bits per heavy atom. The maximum Gasteiger partial charge on any atom is 0.128 e. The largest absolute Gasteiger partial charge is 0.467 e. The van der Waals surface area contributed by atoms with Crippen molar-refractivity contribution in [3.05, 3.63) is 53.7 Å². The highest BCUT2D eigenvalue weighted by molar-refractivity contribution is 5.45. The molecule has 2 nitrogen and oxygen atoms in total. The minimum atomic E-state index is -0.242. The highest BCUT2D eigenvalue weighted by Gasteiger charge is 2.11. The van der Waals surface area contributed by atoms with Crippen LogP contribution in [0.4, 0.5) is 10.1 Å². The molecule has 2 aromatic rings. The van der Waals surface area contributed by atoms with Crippen LogP contribution in [0.1, 0.15) is 24.3 Å². The van der Waals surface area contributed by atoms with Gasteiger partial charge in [0.05, 0.1) is 12.3 Å². The first kappa shape index (κ1) is 10.7. The molecular weight excluding hydrogens is 205 g/mol. The molecule has 1 unspecified atom stereocenters. The van der Waals surface area contributed by atoms with Crippen LogP contribution in [0.3, 0.4) is 0 Å². The van der Waals surface area contributed by atoms with E-state index in [1.54, 1.807) is 12.3 Å². The van der Waals surface area contributed by atoms with E-state index in [9.17, 15) is 4.39 Å². The molecule has 1 atom stereocenters. The van der Waals surface area contributed by atoms with E-state index >= 15 is 0 Å². The van der Waals surface area contributed by atoms with E-state index in [2.05, 4.69) is 5.32 Å². The number of rotatable bonds is 3. The Kier molecular flexibility index (Phi) is 2.95. The third-order valence-electron chi connectivity index (χ3n) is 2.50. The van der Waals surface area contributed by atoms with Crippen molar-refractivity contribution in [2.75, 3.05) is 5.32 Å². The topological polar surface area (TPSA) is 25.2 Å². The minimum absolute atomic E-state index is 0.0248. The molecule has 1 aromatic carbocycles. The highest BCUT2D eigenvalue weighted by Crippen LogP contribution is 2.22. The smallest absolute Gasteiger partial charge is 0.128 e. The monoisotopic (exact) mass is 219 g/mol. The van der Waals surface area contributed by atoms with Crippen molar-refractivity contribution in [3.63, 3.8) is 0 Å². The van der Waals surface area contributed by atoms with E-state index in [1.165, 1.54) is 12.1 Å². The summed E-state index contributed by atoms with van der Waals surface area (Å²) in [5.74, 6) is 0.637. The van der Waals surface area contributed by atoms with E-state index in [4.69, 9.17) is 4.42 Å². The SMILES string of the molecule is Cc1ccoc1C(C)Nc1cccc(F)c1. The molecule has 0 radical (unpaired) electrons. The first-order valence-corrected chi connectivity index (χ1v) is 5.23. The van der Waals surface area contributed by atoms with Crippen molar-refractivity contribution in [2.24, 2.45) is 0 Å². The molecule has 3 heteroatoms. The molecule has 16 heavy (non-hydrogen) atoms. The summed E-state index contributed by atoms with van der Waals surface area (Å²) in [7, 11) is 0. The van der Waals surface area contributed by atoms with E-state index in [-0.39, 0.29) is 11.9 Å². The first-order chi connectivity index (χ1) is 7.66. The standard InChI is InChI=1S/C13H14FNO/c1-9-6-7-16-13(9)10(2)15-12-5-3-4-11(14)8-12/h3-8,10,15H,1-2H3. The lowest BCUT2D eigenvalue weighted by molar-refractivity contribution is 0.487. The van der Waals surface area contributed by atoms with Crippen molar-refractivity contribution in [1.29, 1.82) is 0 Å². The van der Waals surface area contributed by atoms with Crippen LogP contribution in [0.25, 0.3) is 0 Å². The Hall–Kier alpha value is -1.77. The second-order valence-electron chi connectivity index (χ2n) is 3.84. The minimum Gasteiger partial charge on any atom is -0.467 e. The van der Waals surface area contributed by atoms with Gasteiger partial charge in [0.1, 0.15) is 11.6 Å². The van der Waals surface area contributed by atoms with Crippen molar-refractivity contribution in [3.8, 4) is 0 Å². The molecule has 0 amide bonds. The lowest BCUT2D eigenvalue weighted by Gasteiger charge is -2.13. The van der Waals surface area contributed by atoms with Crippen LogP contribution >= 0.6 is 0 Å².